The minimum absolute atomic E-state index is 0.000275. The second-order valence-electron chi connectivity index (χ2n) is 8.68. The molecule has 1 aromatic carbocycles. The number of ether oxygens (including phenoxy) is 1. The summed E-state index contributed by atoms with van der Waals surface area (Å²) in [6.45, 7) is 6.53. The Morgan fingerprint density at radius 3 is 2.79 bits per heavy atom. The van der Waals surface area contributed by atoms with E-state index in [-0.39, 0.29) is 23.8 Å². The summed E-state index contributed by atoms with van der Waals surface area (Å²) in [6.07, 6.45) is 5.84. The third-order valence-corrected chi connectivity index (χ3v) is 6.73. The lowest BCUT2D eigenvalue weighted by Crippen LogP contribution is -2.51. The first-order chi connectivity index (χ1) is 13.6. The molecule has 4 rings (SSSR count). The van der Waals surface area contributed by atoms with Gasteiger partial charge in [-0.05, 0) is 38.7 Å². The Bertz CT molecular complexity index is 741. The lowest BCUT2D eigenvalue weighted by Gasteiger charge is -2.44. The van der Waals surface area contributed by atoms with Gasteiger partial charge in [-0.2, -0.15) is 0 Å². The molecule has 5 heteroatoms. The first kappa shape index (κ1) is 19.3. The smallest absolute Gasteiger partial charge is 0.224 e. The van der Waals surface area contributed by atoms with E-state index in [9.17, 15) is 9.59 Å². The van der Waals surface area contributed by atoms with Crippen molar-refractivity contribution in [1.82, 2.24) is 9.80 Å². The zero-order valence-electron chi connectivity index (χ0n) is 17.2. The number of benzene rings is 1. The maximum absolute atomic E-state index is 13.4. The van der Waals surface area contributed by atoms with Crippen LogP contribution in [-0.4, -0.2) is 47.9 Å². The van der Waals surface area contributed by atoms with E-state index in [4.69, 9.17) is 4.74 Å². The molecule has 152 valence electrons. The van der Waals surface area contributed by atoms with Crippen LogP contribution in [0.15, 0.2) is 18.2 Å². The van der Waals surface area contributed by atoms with Gasteiger partial charge in [0.15, 0.2) is 0 Å². The highest BCUT2D eigenvalue weighted by Crippen LogP contribution is 2.42. The SMILES string of the molecule is CCN1C[C@H]2COc3ccc(C)cc3[C@H]2N(C(=O)CC2CCCC2)CCC1=O. The maximum Gasteiger partial charge on any atom is 0.224 e. The summed E-state index contributed by atoms with van der Waals surface area (Å²) in [5.74, 6) is 1.88. The van der Waals surface area contributed by atoms with Crippen molar-refractivity contribution in [3.05, 3.63) is 29.3 Å². The minimum atomic E-state index is -0.000275. The molecule has 1 aromatic rings. The molecule has 2 atom stereocenters. The van der Waals surface area contributed by atoms with Crippen LogP contribution in [0.3, 0.4) is 0 Å². The lowest BCUT2D eigenvalue weighted by atomic mass is 9.86. The van der Waals surface area contributed by atoms with Crippen LogP contribution >= 0.6 is 0 Å². The maximum atomic E-state index is 13.4. The molecule has 1 saturated heterocycles. The summed E-state index contributed by atoms with van der Waals surface area (Å²) in [6, 6.07) is 6.26. The fourth-order valence-corrected chi connectivity index (χ4v) is 5.21. The number of amides is 2. The third-order valence-electron chi connectivity index (χ3n) is 6.73. The molecular weight excluding hydrogens is 352 g/mol. The van der Waals surface area contributed by atoms with E-state index in [1.54, 1.807) is 0 Å². The molecule has 0 bridgehead atoms. The monoisotopic (exact) mass is 384 g/mol. The van der Waals surface area contributed by atoms with Crippen LogP contribution in [0.25, 0.3) is 0 Å². The number of aryl methyl sites for hydroxylation is 1. The fourth-order valence-electron chi connectivity index (χ4n) is 5.21. The van der Waals surface area contributed by atoms with Gasteiger partial charge in [0.1, 0.15) is 5.75 Å². The lowest BCUT2D eigenvalue weighted by molar-refractivity contribution is -0.142. The highest BCUT2D eigenvalue weighted by atomic mass is 16.5. The molecule has 0 N–H and O–H groups in total. The first-order valence-corrected chi connectivity index (χ1v) is 10.9. The number of rotatable bonds is 3. The first-order valence-electron chi connectivity index (χ1n) is 10.9. The van der Waals surface area contributed by atoms with Crippen molar-refractivity contribution < 1.29 is 14.3 Å². The Kier molecular flexibility index (Phi) is 5.61. The molecule has 2 aliphatic heterocycles. The van der Waals surface area contributed by atoms with Gasteiger partial charge >= 0.3 is 0 Å². The summed E-state index contributed by atoms with van der Waals surface area (Å²) in [7, 11) is 0. The zero-order chi connectivity index (χ0) is 19.7. The van der Waals surface area contributed by atoms with Crippen molar-refractivity contribution in [1.29, 1.82) is 0 Å². The number of nitrogens with zero attached hydrogens (tertiary/aromatic N) is 2. The zero-order valence-corrected chi connectivity index (χ0v) is 17.2. The average Bonchev–Trinajstić information content (AvgIpc) is 3.18. The van der Waals surface area contributed by atoms with Gasteiger partial charge in [-0.3, -0.25) is 9.59 Å². The van der Waals surface area contributed by atoms with Gasteiger partial charge in [-0.25, -0.2) is 0 Å². The standard InChI is InChI=1S/C23H32N2O3/c1-3-24-14-18-15-28-20-9-8-16(2)12-19(20)23(18)25(11-10-21(24)26)22(27)13-17-6-4-5-7-17/h8-9,12,17-18,23H,3-7,10-11,13-15H2,1-2H3/t18-,23-/m0/s1. The van der Waals surface area contributed by atoms with Crippen LogP contribution in [0.1, 0.15) is 62.6 Å². The fraction of sp³-hybridized carbons (Fsp3) is 0.652. The van der Waals surface area contributed by atoms with Crippen LogP contribution in [0, 0.1) is 18.8 Å². The van der Waals surface area contributed by atoms with E-state index >= 15 is 0 Å². The molecule has 5 nitrogen and oxygen atoms in total. The Morgan fingerprint density at radius 1 is 1.25 bits per heavy atom. The summed E-state index contributed by atoms with van der Waals surface area (Å²) in [5, 5.41) is 0. The molecular formula is C23H32N2O3. The number of fused-ring (bicyclic) bond motifs is 3. The number of hydrogen-bond donors (Lipinski definition) is 0. The Hall–Kier alpha value is -2.04. The Balaban J connectivity index is 1.68. The highest BCUT2D eigenvalue weighted by Gasteiger charge is 2.41. The quantitative estimate of drug-likeness (QED) is 0.798. The second kappa shape index (κ2) is 8.14. The van der Waals surface area contributed by atoms with Crippen LogP contribution in [0.5, 0.6) is 5.75 Å². The predicted octanol–water partition coefficient (Wildman–Crippen LogP) is 3.71. The van der Waals surface area contributed by atoms with Gasteiger partial charge in [0.2, 0.25) is 11.8 Å². The second-order valence-corrected chi connectivity index (χ2v) is 8.68. The van der Waals surface area contributed by atoms with Crippen molar-refractivity contribution in [2.24, 2.45) is 11.8 Å². The number of carbonyl (C=O) groups is 2. The van der Waals surface area contributed by atoms with Crippen molar-refractivity contribution in [3.8, 4) is 5.75 Å². The van der Waals surface area contributed by atoms with Crippen LogP contribution < -0.4 is 4.74 Å². The van der Waals surface area contributed by atoms with Gasteiger partial charge in [0.05, 0.1) is 12.6 Å². The molecule has 1 saturated carbocycles. The molecule has 2 amide bonds. The van der Waals surface area contributed by atoms with Crippen molar-refractivity contribution >= 4 is 11.8 Å². The van der Waals surface area contributed by atoms with Gasteiger partial charge in [0, 0.05) is 44.0 Å². The van der Waals surface area contributed by atoms with Crippen molar-refractivity contribution in [3.63, 3.8) is 0 Å². The largest absolute Gasteiger partial charge is 0.493 e. The summed E-state index contributed by atoms with van der Waals surface area (Å²) in [4.78, 5) is 30.0. The highest BCUT2D eigenvalue weighted by molar-refractivity contribution is 5.80. The molecule has 2 heterocycles. The molecule has 3 aliphatic rings. The van der Waals surface area contributed by atoms with E-state index in [1.807, 2.05) is 22.8 Å². The van der Waals surface area contributed by atoms with Gasteiger partial charge in [-0.1, -0.05) is 30.5 Å². The van der Waals surface area contributed by atoms with Crippen molar-refractivity contribution in [2.45, 2.75) is 58.4 Å². The molecule has 28 heavy (non-hydrogen) atoms. The topological polar surface area (TPSA) is 49.9 Å². The molecule has 0 radical (unpaired) electrons. The molecule has 0 aromatic heterocycles. The summed E-state index contributed by atoms with van der Waals surface area (Å²) < 4.78 is 6.06. The van der Waals surface area contributed by atoms with E-state index < -0.39 is 0 Å². The van der Waals surface area contributed by atoms with Gasteiger partial charge < -0.3 is 14.5 Å². The van der Waals surface area contributed by atoms with E-state index in [0.717, 1.165) is 24.2 Å². The van der Waals surface area contributed by atoms with Crippen LogP contribution in [0.4, 0.5) is 0 Å². The van der Waals surface area contributed by atoms with E-state index in [2.05, 4.69) is 19.1 Å². The Labute approximate surface area is 168 Å². The molecule has 2 fully saturated rings. The number of carbonyl (C=O) groups excluding carboxylic acids is 2. The number of hydrogen-bond acceptors (Lipinski definition) is 3. The normalized spacial score (nSPS) is 25.6. The summed E-state index contributed by atoms with van der Waals surface area (Å²) >= 11 is 0. The average molecular weight is 385 g/mol. The van der Waals surface area contributed by atoms with Gasteiger partial charge in [-0.15, -0.1) is 0 Å². The van der Waals surface area contributed by atoms with Crippen LogP contribution in [0.2, 0.25) is 0 Å². The van der Waals surface area contributed by atoms with E-state index in [1.165, 1.54) is 18.4 Å². The van der Waals surface area contributed by atoms with E-state index in [0.29, 0.717) is 45.0 Å². The van der Waals surface area contributed by atoms with Crippen molar-refractivity contribution in [2.75, 3.05) is 26.2 Å². The van der Waals surface area contributed by atoms with Crippen LogP contribution in [-0.2, 0) is 9.59 Å². The molecule has 0 unspecified atom stereocenters. The summed E-state index contributed by atoms with van der Waals surface area (Å²) in [5.41, 5.74) is 2.29. The molecule has 1 aliphatic carbocycles. The van der Waals surface area contributed by atoms with Gasteiger partial charge in [0.25, 0.3) is 0 Å². The predicted molar refractivity (Wildman–Crippen MR) is 108 cm³/mol. The Morgan fingerprint density at radius 2 is 2.04 bits per heavy atom. The molecule has 0 spiro atoms. The minimum Gasteiger partial charge on any atom is -0.493 e. The third kappa shape index (κ3) is 3.76.